The number of fused-ring (bicyclic) bond motifs is 12. The highest BCUT2D eigenvalue weighted by Gasteiger charge is 2.51. The summed E-state index contributed by atoms with van der Waals surface area (Å²) in [4.78, 5) is 2.52. The van der Waals surface area contributed by atoms with Crippen molar-refractivity contribution < 1.29 is 0 Å². The molecule has 0 N–H and O–H groups in total. The van der Waals surface area contributed by atoms with Crippen molar-refractivity contribution in [2.45, 2.75) is 5.41 Å². The van der Waals surface area contributed by atoms with Gasteiger partial charge in [-0.25, -0.2) is 0 Å². The van der Waals surface area contributed by atoms with E-state index in [1.807, 2.05) is 0 Å². The molecule has 1 aromatic heterocycles. The van der Waals surface area contributed by atoms with Gasteiger partial charge in [-0.1, -0.05) is 231 Å². The molecule has 2 aliphatic rings. The molecule has 2 nitrogen and oxygen atoms in total. The first kappa shape index (κ1) is 39.2. The minimum Gasteiger partial charge on any atom is -0.309 e. The van der Waals surface area contributed by atoms with Crippen molar-refractivity contribution in [1.29, 1.82) is 0 Å². The fourth-order valence-electron chi connectivity index (χ4n) is 11.9. The fourth-order valence-corrected chi connectivity index (χ4v) is 11.9. The molecule has 1 aliphatic heterocycles. The second-order valence-electron chi connectivity index (χ2n) is 18.4. The van der Waals surface area contributed by atoms with Crippen molar-refractivity contribution in [2.24, 2.45) is 0 Å². The Kier molecular flexibility index (Phi) is 8.84. The lowest BCUT2D eigenvalue weighted by molar-refractivity contribution is 0.748. The van der Waals surface area contributed by atoms with E-state index in [2.05, 4.69) is 276 Å². The number of benzene rings is 11. The molecule has 14 rings (SSSR count). The van der Waals surface area contributed by atoms with Crippen LogP contribution in [0.4, 0.5) is 17.1 Å². The summed E-state index contributed by atoms with van der Waals surface area (Å²) in [7, 11) is 0. The van der Waals surface area contributed by atoms with Crippen LogP contribution in [0, 0.1) is 0 Å². The third-order valence-electron chi connectivity index (χ3n) is 14.8. The summed E-state index contributed by atoms with van der Waals surface area (Å²) >= 11 is 0. The maximum Gasteiger partial charge on any atom is 0.0755 e. The highest BCUT2D eigenvalue weighted by Crippen LogP contribution is 2.62. The molecular formula is C67H44N2. The molecule has 0 radical (unpaired) electrons. The molecule has 0 saturated carbocycles. The van der Waals surface area contributed by atoms with Gasteiger partial charge in [0.15, 0.2) is 0 Å². The third-order valence-corrected chi connectivity index (χ3v) is 14.8. The van der Waals surface area contributed by atoms with Crippen molar-refractivity contribution >= 4 is 38.9 Å². The van der Waals surface area contributed by atoms with Crippen LogP contribution < -0.4 is 4.90 Å². The first-order chi connectivity index (χ1) is 34.3. The van der Waals surface area contributed by atoms with Gasteiger partial charge in [0.25, 0.3) is 0 Å². The number of hydrogen-bond donors (Lipinski definition) is 0. The molecule has 0 saturated heterocycles. The topological polar surface area (TPSA) is 8.17 Å². The number of anilines is 3. The molecule has 322 valence electrons. The van der Waals surface area contributed by atoms with Crippen LogP contribution in [0.3, 0.4) is 0 Å². The van der Waals surface area contributed by atoms with Crippen molar-refractivity contribution in [3.05, 3.63) is 289 Å². The third kappa shape index (κ3) is 5.86. The summed E-state index contributed by atoms with van der Waals surface area (Å²) in [6.45, 7) is 0. The predicted octanol–water partition coefficient (Wildman–Crippen LogP) is 17.6. The van der Waals surface area contributed by atoms with Crippen LogP contribution in [-0.2, 0) is 5.41 Å². The van der Waals surface area contributed by atoms with Crippen molar-refractivity contribution in [2.75, 3.05) is 4.90 Å². The molecule has 1 atom stereocenters. The molecule has 1 spiro atoms. The molecular weight excluding hydrogens is 833 g/mol. The molecule has 2 heterocycles. The minimum atomic E-state index is -0.590. The summed E-state index contributed by atoms with van der Waals surface area (Å²) in [6, 6.07) is 98.7. The van der Waals surface area contributed by atoms with Crippen LogP contribution in [-0.4, -0.2) is 4.57 Å². The summed E-state index contributed by atoms with van der Waals surface area (Å²) in [5.74, 6) is 0. The van der Waals surface area contributed by atoms with Gasteiger partial charge in [0.05, 0.1) is 33.5 Å². The molecule has 2 heteroatoms. The lowest BCUT2D eigenvalue weighted by atomic mass is 9.65. The van der Waals surface area contributed by atoms with Gasteiger partial charge in [0, 0.05) is 27.6 Å². The van der Waals surface area contributed by atoms with Crippen molar-refractivity contribution in [1.82, 2.24) is 4.57 Å². The van der Waals surface area contributed by atoms with Gasteiger partial charge in [0.2, 0.25) is 0 Å². The zero-order valence-electron chi connectivity index (χ0n) is 37.8. The summed E-state index contributed by atoms with van der Waals surface area (Å²) in [5.41, 5.74) is 23.6. The molecule has 69 heavy (non-hydrogen) atoms. The molecule has 0 amide bonds. The minimum absolute atomic E-state index is 0.590. The van der Waals surface area contributed by atoms with E-state index in [-0.39, 0.29) is 0 Å². The predicted molar refractivity (Wildman–Crippen MR) is 288 cm³/mol. The Hall–Kier alpha value is -8.98. The zero-order valence-corrected chi connectivity index (χ0v) is 37.8. The van der Waals surface area contributed by atoms with Crippen molar-refractivity contribution in [3.63, 3.8) is 0 Å². The summed E-state index contributed by atoms with van der Waals surface area (Å²) in [5, 5.41) is 2.55. The first-order valence-electron chi connectivity index (χ1n) is 23.9. The molecule has 0 fully saturated rings. The van der Waals surface area contributed by atoms with Crippen LogP contribution >= 0.6 is 0 Å². The summed E-state index contributed by atoms with van der Waals surface area (Å²) in [6.07, 6.45) is 0. The van der Waals surface area contributed by atoms with Gasteiger partial charge >= 0.3 is 0 Å². The second kappa shape index (κ2) is 15.6. The van der Waals surface area contributed by atoms with E-state index < -0.39 is 5.41 Å². The molecule has 12 aromatic rings. The Balaban J connectivity index is 1.03. The lowest BCUT2D eigenvalue weighted by Gasteiger charge is -2.40. The number of para-hydroxylation sites is 5. The van der Waals surface area contributed by atoms with E-state index in [0.29, 0.717) is 0 Å². The standard InChI is InChI=1S/C67H44N2/c1-3-18-45(19-4-1)47-34-38-49(39-35-47)52-22-8-13-30-62(52)68(63-31-14-9-23-53(63)50-40-36-48(37-41-50)46-20-5-2-6-21-46)51-42-43-55-54-24-7-11-27-58(54)67(61(55)44-51)59-28-12-16-33-65(59)69-64-32-15-10-25-56(64)57-26-17-29-60(67)66(57)69/h1-44H. The number of nitrogens with zero attached hydrogens (tertiary/aromatic N) is 2. The lowest BCUT2D eigenvalue weighted by Crippen LogP contribution is -2.33. The Bertz CT molecular complexity index is 3810. The highest BCUT2D eigenvalue weighted by atomic mass is 15.1. The monoisotopic (exact) mass is 876 g/mol. The van der Waals surface area contributed by atoms with Crippen molar-refractivity contribution in [3.8, 4) is 61.3 Å². The van der Waals surface area contributed by atoms with E-state index in [1.165, 1.54) is 83.1 Å². The number of rotatable bonds is 7. The SMILES string of the molecule is c1ccc(-c2ccc(-c3ccccc3N(c3ccc4c(c3)C3(c5ccccc5-4)c4ccccc4-n4c5ccccc5c5cccc3c54)c3ccccc3-c3ccc(-c4ccccc4)cc3)cc2)cc1. The van der Waals surface area contributed by atoms with Gasteiger partial charge in [-0.2, -0.15) is 0 Å². The Morgan fingerprint density at radius 1 is 0.290 bits per heavy atom. The van der Waals surface area contributed by atoms with E-state index in [1.54, 1.807) is 0 Å². The van der Waals surface area contributed by atoms with E-state index in [9.17, 15) is 0 Å². The van der Waals surface area contributed by atoms with E-state index in [4.69, 9.17) is 0 Å². The number of aromatic nitrogens is 1. The molecule has 1 unspecified atom stereocenters. The average molecular weight is 877 g/mol. The fraction of sp³-hybridized carbons (Fsp3) is 0.0149. The quantitative estimate of drug-likeness (QED) is 0.155. The van der Waals surface area contributed by atoms with Gasteiger partial charge in [-0.3, -0.25) is 0 Å². The second-order valence-corrected chi connectivity index (χ2v) is 18.4. The van der Waals surface area contributed by atoms with Crippen LogP contribution in [0.2, 0.25) is 0 Å². The van der Waals surface area contributed by atoms with Crippen LogP contribution in [0.25, 0.3) is 83.1 Å². The smallest absolute Gasteiger partial charge is 0.0755 e. The zero-order chi connectivity index (χ0) is 45.5. The maximum atomic E-state index is 2.52. The maximum absolute atomic E-state index is 2.52. The highest BCUT2D eigenvalue weighted by molar-refractivity contribution is 6.13. The van der Waals surface area contributed by atoms with Gasteiger partial charge in [-0.15, -0.1) is 0 Å². The van der Waals surface area contributed by atoms with Gasteiger partial charge < -0.3 is 9.47 Å². The Labute approximate surface area is 402 Å². The van der Waals surface area contributed by atoms with Gasteiger partial charge in [0.1, 0.15) is 0 Å². The Morgan fingerprint density at radius 2 is 0.754 bits per heavy atom. The van der Waals surface area contributed by atoms with E-state index >= 15 is 0 Å². The molecule has 11 aromatic carbocycles. The number of hydrogen-bond acceptors (Lipinski definition) is 1. The first-order valence-corrected chi connectivity index (χ1v) is 23.9. The van der Waals surface area contributed by atoms with Crippen LogP contribution in [0.5, 0.6) is 0 Å². The molecule has 1 aliphatic carbocycles. The van der Waals surface area contributed by atoms with E-state index in [0.717, 1.165) is 39.3 Å². The average Bonchev–Trinajstić information content (AvgIpc) is 3.92. The summed E-state index contributed by atoms with van der Waals surface area (Å²) < 4.78 is 2.52. The van der Waals surface area contributed by atoms with Crippen LogP contribution in [0.15, 0.2) is 267 Å². The normalized spacial score (nSPS) is 14.1. The largest absolute Gasteiger partial charge is 0.309 e. The Morgan fingerprint density at radius 3 is 1.41 bits per heavy atom. The van der Waals surface area contributed by atoms with Crippen LogP contribution in [0.1, 0.15) is 22.3 Å². The molecule has 0 bridgehead atoms. The van der Waals surface area contributed by atoms with Gasteiger partial charge in [-0.05, 0) is 103 Å².